The SMILES string of the molecule is CCc1nnsc1C(=O)NC(CCCl)C(C)C. The van der Waals surface area contributed by atoms with Crippen molar-refractivity contribution in [3.63, 3.8) is 0 Å². The molecule has 17 heavy (non-hydrogen) atoms. The number of amides is 1. The zero-order valence-corrected chi connectivity index (χ0v) is 11.9. The third-order valence-electron chi connectivity index (χ3n) is 2.64. The van der Waals surface area contributed by atoms with Gasteiger partial charge < -0.3 is 5.32 Å². The normalized spacial score (nSPS) is 12.8. The molecule has 0 radical (unpaired) electrons. The summed E-state index contributed by atoms with van der Waals surface area (Å²) in [4.78, 5) is 12.7. The largest absolute Gasteiger partial charge is 0.348 e. The number of nitrogens with one attached hydrogen (secondary N) is 1. The first-order valence-electron chi connectivity index (χ1n) is 5.78. The molecule has 4 nitrogen and oxygen atoms in total. The summed E-state index contributed by atoms with van der Waals surface area (Å²) in [5.41, 5.74) is 0.765. The van der Waals surface area contributed by atoms with E-state index >= 15 is 0 Å². The van der Waals surface area contributed by atoms with Gasteiger partial charge in [-0.2, -0.15) is 0 Å². The summed E-state index contributed by atoms with van der Waals surface area (Å²) < 4.78 is 3.82. The summed E-state index contributed by atoms with van der Waals surface area (Å²) in [7, 11) is 0. The van der Waals surface area contributed by atoms with Crippen LogP contribution in [0.5, 0.6) is 0 Å². The molecule has 0 aliphatic carbocycles. The van der Waals surface area contributed by atoms with Crippen molar-refractivity contribution in [3.8, 4) is 0 Å². The Morgan fingerprint density at radius 1 is 1.53 bits per heavy atom. The van der Waals surface area contributed by atoms with Gasteiger partial charge in [0, 0.05) is 11.9 Å². The molecule has 0 saturated carbocycles. The first-order chi connectivity index (χ1) is 8.10. The van der Waals surface area contributed by atoms with E-state index in [9.17, 15) is 4.79 Å². The fourth-order valence-electron chi connectivity index (χ4n) is 1.54. The van der Waals surface area contributed by atoms with E-state index < -0.39 is 0 Å². The molecule has 1 heterocycles. The second-order valence-corrected chi connectivity index (χ2v) is 5.34. The van der Waals surface area contributed by atoms with Crippen molar-refractivity contribution in [1.82, 2.24) is 14.9 Å². The Kier molecular flexibility index (Phi) is 5.85. The average Bonchev–Trinajstić information content (AvgIpc) is 2.76. The highest BCUT2D eigenvalue weighted by molar-refractivity contribution is 7.08. The molecule has 0 aromatic carbocycles. The molecule has 1 N–H and O–H groups in total. The smallest absolute Gasteiger partial charge is 0.265 e. The topological polar surface area (TPSA) is 54.9 Å². The highest BCUT2D eigenvalue weighted by Gasteiger charge is 2.20. The Bertz CT molecular complexity index is 367. The fourth-order valence-corrected chi connectivity index (χ4v) is 2.42. The van der Waals surface area contributed by atoms with Gasteiger partial charge in [-0.25, -0.2) is 0 Å². The minimum atomic E-state index is -0.0827. The molecule has 0 aliphatic rings. The molecule has 1 aromatic heterocycles. The second kappa shape index (κ2) is 6.91. The number of hydrogen-bond donors (Lipinski definition) is 1. The molecule has 0 fully saturated rings. The van der Waals surface area contributed by atoms with Crippen LogP contribution in [0.4, 0.5) is 0 Å². The molecule has 1 aromatic rings. The summed E-state index contributed by atoms with van der Waals surface area (Å²) in [5.74, 6) is 0.828. The van der Waals surface area contributed by atoms with Crippen molar-refractivity contribution < 1.29 is 4.79 Å². The lowest BCUT2D eigenvalue weighted by Crippen LogP contribution is -2.38. The van der Waals surface area contributed by atoms with Gasteiger partial charge in [-0.3, -0.25) is 4.79 Å². The maximum Gasteiger partial charge on any atom is 0.265 e. The van der Waals surface area contributed by atoms with Crippen molar-refractivity contribution in [2.75, 3.05) is 5.88 Å². The maximum atomic E-state index is 12.1. The minimum Gasteiger partial charge on any atom is -0.348 e. The standard InChI is InChI=1S/C11H18ClN3OS/c1-4-8-10(17-15-14-8)11(16)13-9(5-6-12)7(2)3/h7,9H,4-6H2,1-3H3,(H,13,16). The van der Waals surface area contributed by atoms with Crippen LogP contribution in [0.3, 0.4) is 0 Å². The van der Waals surface area contributed by atoms with E-state index in [0.717, 1.165) is 30.1 Å². The predicted molar refractivity (Wildman–Crippen MR) is 70.7 cm³/mol. The van der Waals surface area contributed by atoms with Crippen LogP contribution in [0.2, 0.25) is 0 Å². The first kappa shape index (κ1) is 14.4. The van der Waals surface area contributed by atoms with E-state index in [1.54, 1.807) is 0 Å². The van der Waals surface area contributed by atoms with Crippen LogP contribution >= 0.6 is 23.1 Å². The van der Waals surface area contributed by atoms with E-state index in [4.69, 9.17) is 11.6 Å². The van der Waals surface area contributed by atoms with Gasteiger partial charge in [0.05, 0.1) is 5.69 Å². The Labute approximate surface area is 111 Å². The third kappa shape index (κ3) is 3.92. The molecule has 0 bridgehead atoms. The van der Waals surface area contributed by atoms with Gasteiger partial charge in [0.25, 0.3) is 5.91 Å². The molecular formula is C11H18ClN3OS. The van der Waals surface area contributed by atoms with Gasteiger partial charge in [-0.15, -0.1) is 16.7 Å². The van der Waals surface area contributed by atoms with Crippen LogP contribution in [-0.2, 0) is 6.42 Å². The lowest BCUT2D eigenvalue weighted by molar-refractivity contribution is 0.0928. The van der Waals surface area contributed by atoms with Crippen LogP contribution in [-0.4, -0.2) is 27.4 Å². The quantitative estimate of drug-likeness (QED) is 0.812. The average molecular weight is 276 g/mol. The molecule has 0 aliphatic heterocycles. The predicted octanol–water partition coefficient (Wildman–Crippen LogP) is 2.48. The molecule has 1 atom stereocenters. The molecule has 1 rings (SSSR count). The second-order valence-electron chi connectivity index (χ2n) is 4.20. The Morgan fingerprint density at radius 2 is 2.24 bits per heavy atom. The fraction of sp³-hybridized carbons (Fsp3) is 0.727. The molecule has 1 amide bonds. The van der Waals surface area contributed by atoms with E-state index in [0.29, 0.717) is 16.7 Å². The van der Waals surface area contributed by atoms with Crippen molar-refractivity contribution in [3.05, 3.63) is 10.6 Å². The van der Waals surface area contributed by atoms with Gasteiger partial charge in [0.2, 0.25) is 0 Å². The van der Waals surface area contributed by atoms with Gasteiger partial charge in [-0.1, -0.05) is 25.3 Å². The number of halogens is 1. The van der Waals surface area contributed by atoms with Gasteiger partial charge in [0.15, 0.2) is 0 Å². The van der Waals surface area contributed by atoms with E-state index in [-0.39, 0.29) is 11.9 Å². The molecule has 0 saturated heterocycles. The van der Waals surface area contributed by atoms with Crippen LogP contribution in [0.25, 0.3) is 0 Å². The number of alkyl halides is 1. The lowest BCUT2D eigenvalue weighted by Gasteiger charge is -2.21. The van der Waals surface area contributed by atoms with Gasteiger partial charge in [-0.05, 0) is 30.3 Å². The maximum absolute atomic E-state index is 12.1. The van der Waals surface area contributed by atoms with Gasteiger partial charge >= 0.3 is 0 Å². The Morgan fingerprint density at radius 3 is 2.76 bits per heavy atom. The minimum absolute atomic E-state index is 0.0827. The number of hydrogen-bond acceptors (Lipinski definition) is 4. The molecule has 6 heteroatoms. The van der Waals surface area contributed by atoms with Crippen molar-refractivity contribution in [1.29, 1.82) is 0 Å². The zero-order chi connectivity index (χ0) is 12.8. The van der Waals surface area contributed by atoms with Crippen LogP contribution in [0, 0.1) is 5.92 Å². The van der Waals surface area contributed by atoms with Crippen LogP contribution < -0.4 is 5.32 Å². The Hall–Kier alpha value is -0.680. The third-order valence-corrected chi connectivity index (χ3v) is 3.62. The zero-order valence-electron chi connectivity index (χ0n) is 10.4. The first-order valence-corrected chi connectivity index (χ1v) is 7.09. The molecule has 0 spiro atoms. The highest BCUT2D eigenvalue weighted by Crippen LogP contribution is 2.13. The van der Waals surface area contributed by atoms with Crippen molar-refractivity contribution >= 4 is 29.0 Å². The molecule has 96 valence electrons. The van der Waals surface area contributed by atoms with Crippen molar-refractivity contribution in [2.45, 2.75) is 39.7 Å². The summed E-state index contributed by atoms with van der Waals surface area (Å²) in [6.07, 6.45) is 1.50. The van der Waals surface area contributed by atoms with Crippen molar-refractivity contribution in [2.24, 2.45) is 5.92 Å². The Balaban J connectivity index is 2.70. The number of aryl methyl sites for hydroxylation is 1. The number of aromatic nitrogens is 2. The van der Waals surface area contributed by atoms with E-state index in [1.165, 1.54) is 0 Å². The monoisotopic (exact) mass is 275 g/mol. The highest BCUT2D eigenvalue weighted by atomic mass is 35.5. The summed E-state index contributed by atoms with van der Waals surface area (Å²) in [6, 6.07) is 0.104. The van der Waals surface area contributed by atoms with Gasteiger partial charge in [0.1, 0.15) is 4.88 Å². The van der Waals surface area contributed by atoms with E-state index in [1.807, 2.05) is 6.92 Å². The van der Waals surface area contributed by atoms with Crippen LogP contribution in [0.15, 0.2) is 0 Å². The molecular weight excluding hydrogens is 258 g/mol. The summed E-state index contributed by atoms with van der Waals surface area (Å²) >= 11 is 6.88. The van der Waals surface area contributed by atoms with Crippen LogP contribution in [0.1, 0.15) is 42.6 Å². The number of nitrogens with zero attached hydrogens (tertiary/aromatic N) is 2. The molecule has 1 unspecified atom stereocenters. The number of rotatable bonds is 6. The van der Waals surface area contributed by atoms with E-state index in [2.05, 4.69) is 28.8 Å². The number of carbonyl (C=O) groups is 1. The summed E-state index contributed by atoms with van der Waals surface area (Å²) in [5, 5.41) is 6.94. The summed E-state index contributed by atoms with van der Waals surface area (Å²) in [6.45, 7) is 6.11. The lowest BCUT2D eigenvalue weighted by atomic mass is 10.0. The number of carbonyl (C=O) groups excluding carboxylic acids is 1.